The van der Waals surface area contributed by atoms with Gasteiger partial charge in [-0.15, -0.1) is 0 Å². The van der Waals surface area contributed by atoms with Gasteiger partial charge in [-0.3, -0.25) is 9.59 Å². The summed E-state index contributed by atoms with van der Waals surface area (Å²) in [5.74, 6) is 2.66. The van der Waals surface area contributed by atoms with Crippen molar-refractivity contribution in [3.8, 4) is 0 Å². The largest absolute Gasteiger partial charge is 0.481 e. The molecule has 4 heteroatoms. The van der Waals surface area contributed by atoms with Crippen LogP contribution in [0, 0.1) is 51.8 Å². The average molecular weight is 401 g/mol. The minimum Gasteiger partial charge on any atom is -0.481 e. The Labute approximate surface area is 174 Å². The van der Waals surface area contributed by atoms with Gasteiger partial charge in [-0.05, 0) is 111 Å². The number of carbonyl (C=O) groups is 2. The zero-order valence-electron chi connectivity index (χ0n) is 17.8. The van der Waals surface area contributed by atoms with E-state index in [4.69, 9.17) is 4.74 Å². The summed E-state index contributed by atoms with van der Waals surface area (Å²) >= 11 is 0. The van der Waals surface area contributed by atoms with E-state index in [0.717, 1.165) is 37.5 Å². The highest BCUT2D eigenvalue weighted by Gasteiger charge is 2.71. The van der Waals surface area contributed by atoms with Crippen molar-refractivity contribution < 1.29 is 19.4 Å². The monoisotopic (exact) mass is 400 g/mol. The Morgan fingerprint density at radius 3 is 2.41 bits per heavy atom. The predicted molar refractivity (Wildman–Crippen MR) is 108 cm³/mol. The van der Waals surface area contributed by atoms with E-state index < -0.39 is 5.97 Å². The van der Waals surface area contributed by atoms with Crippen LogP contribution in [-0.4, -0.2) is 24.2 Å². The van der Waals surface area contributed by atoms with Crippen molar-refractivity contribution in [2.75, 3.05) is 7.11 Å². The number of carboxylic acids is 1. The van der Waals surface area contributed by atoms with Crippen LogP contribution in [0.2, 0.25) is 0 Å². The lowest BCUT2D eigenvalue weighted by atomic mass is 9.50. The fourth-order valence-corrected chi connectivity index (χ4v) is 10.5. The molecule has 6 aliphatic rings. The summed E-state index contributed by atoms with van der Waals surface area (Å²) in [6, 6.07) is 0. The summed E-state index contributed by atoms with van der Waals surface area (Å²) in [6.07, 6.45) is 15.3. The molecule has 0 spiro atoms. The van der Waals surface area contributed by atoms with Crippen LogP contribution in [0.5, 0.6) is 0 Å². The summed E-state index contributed by atoms with van der Waals surface area (Å²) in [7, 11) is 1.59. The molecular formula is C25H36O4. The van der Waals surface area contributed by atoms with E-state index in [1.165, 1.54) is 57.8 Å². The topological polar surface area (TPSA) is 63.6 Å². The van der Waals surface area contributed by atoms with Crippen molar-refractivity contribution in [2.24, 2.45) is 51.8 Å². The second kappa shape index (κ2) is 6.01. The third kappa shape index (κ3) is 2.38. The first kappa shape index (κ1) is 18.7. The Kier molecular flexibility index (Phi) is 3.87. The fourth-order valence-electron chi connectivity index (χ4n) is 10.5. The predicted octanol–water partition coefficient (Wildman–Crippen LogP) is 5.05. The molecule has 6 saturated carbocycles. The third-order valence-electron chi connectivity index (χ3n) is 11.2. The van der Waals surface area contributed by atoms with Gasteiger partial charge in [0, 0.05) is 0 Å². The molecule has 0 heterocycles. The van der Waals surface area contributed by atoms with E-state index in [2.05, 4.69) is 0 Å². The minimum absolute atomic E-state index is 0.0832. The van der Waals surface area contributed by atoms with E-state index in [1.54, 1.807) is 7.11 Å². The summed E-state index contributed by atoms with van der Waals surface area (Å²) in [4.78, 5) is 24.9. The first-order valence-electron chi connectivity index (χ1n) is 12.2. The van der Waals surface area contributed by atoms with E-state index in [1.807, 2.05) is 0 Å². The Hall–Kier alpha value is -1.06. The highest BCUT2D eigenvalue weighted by Crippen LogP contribution is 2.77. The maximum absolute atomic E-state index is 13.1. The number of methoxy groups -OCH3 is 1. The van der Waals surface area contributed by atoms with Gasteiger partial charge in [0.25, 0.3) is 0 Å². The molecule has 9 unspecified atom stereocenters. The average Bonchev–Trinajstić information content (AvgIpc) is 2.97. The molecule has 6 rings (SSSR count). The molecule has 0 saturated heterocycles. The van der Waals surface area contributed by atoms with Gasteiger partial charge >= 0.3 is 11.9 Å². The van der Waals surface area contributed by atoms with Crippen molar-refractivity contribution in [3.05, 3.63) is 0 Å². The Morgan fingerprint density at radius 1 is 0.897 bits per heavy atom. The molecule has 1 N–H and O–H groups in total. The lowest BCUT2D eigenvalue weighted by Gasteiger charge is -2.55. The number of carbonyl (C=O) groups excluding carboxylic acids is 1. The highest BCUT2D eigenvalue weighted by atomic mass is 16.5. The van der Waals surface area contributed by atoms with Gasteiger partial charge in [0.05, 0.1) is 18.4 Å². The van der Waals surface area contributed by atoms with Crippen molar-refractivity contribution in [2.45, 2.75) is 83.5 Å². The van der Waals surface area contributed by atoms with Gasteiger partial charge in [0.15, 0.2) is 0 Å². The standard InChI is InChI=1S/C25H36O4/c1-29-22(28)25-4-2-3-15-7-20(25)13-24(9-15,14-25)23-10-16-5-17(21(26)27)8-19(12-23)18(6-16)11-23/h15-20H,2-14H2,1H3,(H,26,27). The maximum atomic E-state index is 13.1. The smallest absolute Gasteiger partial charge is 0.312 e. The van der Waals surface area contributed by atoms with Crippen LogP contribution in [0.3, 0.4) is 0 Å². The molecule has 0 aliphatic heterocycles. The molecule has 0 radical (unpaired) electrons. The van der Waals surface area contributed by atoms with Gasteiger partial charge in [-0.25, -0.2) is 0 Å². The van der Waals surface area contributed by atoms with Gasteiger partial charge in [0.1, 0.15) is 0 Å². The molecule has 4 nitrogen and oxygen atoms in total. The van der Waals surface area contributed by atoms with Crippen LogP contribution >= 0.6 is 0 Å². The second-order valence-corrected chi connectivity index (χ2v) is 12.2. The maximum Gasteiger partial charge on any atom is 0.312 e. The molecule has 6 fully saturated rings. The van der Waals surface area contributed by atoms with Gasteiger partial charge in [0.2, 0.25) is 0 Å². The van der Waals surface area contributed by atoms with Crippen molar-refractivity contribution in [3.63, 3.8) is 0 Å². The summed E-state index contributed by atoms with van der Waals surface area (Å²) in [5.41, 5.74) is 0.471. The molecule has 160 valence electrons. The quantitative estimate of drug-likeness (QED) is 0.673. The van der Waals surface area contributed by atoms with Crippen LogP contribution in [0.4, 0.5) is 0 Å². The first-order chi connectivity index (χ1) is 13.9. The molecule has 9 atom stereocenters. The van der Waals surface area contributed by atoms with E-state index in [0.29, 0.717) is 28.6 Å². The molecule has 0 amide bonds. The fraction of sp³-hybridized carbons (Fsp3) is 0.920. The Balaban J connectivity index is 1.39. The highest BCUT2D eigenvalue weighted by molar-refractivity contribution is 5.78. The number of hydrogen-bond donors (Lipinski definition) is 1. The second-order valence-electron chi connectivity index (χ2n) is 12.2. The SMILES string of the molecule is COC(=O)C12CCCC3CC1CC(C14CC5CC(C(=O)O)CC(C1)C(C5)C4)(C3)C2. The number of fused-ring (bicyclic) bond motifs is 5. The van der Waals surface area contributed by atoms with E-state index >= 15 is 0 Å². The van der Waals surface area contributed by atoms with Gasteiger partial charge in [-0.2, -0.15) is 0 Å². The van der Waals surface area contributed by atoms with Crippen molar-refractivity contribution >= 4 is 11.9 Å². The first-order valence-corrected chi connectivity index (χ1v) is 12.2. The Morgan fingerprint density at radius 2 is 1.66 bits per heavy atom. The van der Waals surface area contributed by atoms with Crippen molar-refractivity contribution in [1.82, 2.24) is 0 Å². The van der Waals surface area contributed by atoms with Crippen LogP contribution in [0.25, 0.3) is 0 Å². The van der Waals surface area contributed by atoms with Gasteiger partial charge in [-0.1, -0.05) is 12.8 Å². The van der Waals surface area contributed by atoms with Gasteiger partial charge < -0.3 is 9.84 Å². The van der Waals surface area contributed by atoms with Crippen LogP contribution < -0.4 is 0 Å². The molecule has 0 aromatic heterocycles. The third-order valence-corrected chi connectivity index (χ3v) is 11.2. The van der Waals surface area contributed by atoms with Crippen molar-refractivity contribution in [1.29, 1.82) is 0 Å². The number of ether oxygens (including phenoxy) is 1. The Bertz CT molecular complexity index is 743. The van der Waals surface area contributed by atoms with E-state index in [-0.39, 0.29) is 17.3 Å². The summed E-state index contributed by atoms with van der Waals surface area (Å²) in [6.45, 7) is 0. The molecule has 6 aliphatic carbocycles. The molecular weight excluding hydrogens is 364 g/mol. The van der Waals surface area contributed by atoms with Crippen LogP contribution in [0.15, 0.2) is 0 Å². The zero-order chi connectivity index (χ0) is 20.0. The molecule has 6 bridgehead atoms. The van der Waals surface area contributed by atoms with Crippen LogP contribution in [0.1, 0.15) is 83.5 Å². The number of rotatable bonds is 3. The summed E-state index contributed by atoms with van der Waals surface area (Å²) in [5, 5.41) is 9.71. The molecule has 0 aromatic carbocycles. The molecule has 0 aromatic rings. The lowest BCUT2D eigenvalue weighted by Crippen LogP contribution is -2.46. The number of aliphatic carboxylic acids is 1. The lowest BCUT2D eigenvalue weighted by molar-refractivity contribution is -0.156. The normalized spacial score (nSPS) is 54.8. The zero-order valence-corrected chi connectivity index (χ0v) is 17.8. The minimum atomic E-state index is -0.564. The van der Waals surface area contributed by atoms with Crippen LogP contribution in [-0.2, 0) is 14.3 Å². The van der Waals surface area contributed by atoms with E-state index in [9.17, 15) is 14.7 Å². The molecule has 29 heavy (non-hydrogen) atoms. The number of carboxylic acid groups (broad SMARTS) is 1. The number of hydrogen-bond acceptors (Lipinski definition) is 3. The number of esters is 1. The summed E-state index contributed by atoms with van der Waals surface area (Å²) < 4.78 is 5.44.